The molecule has 25 heavy (non-hydrogen) atoms. The molecule has 3 rings (SSSR count). The van der Waals surface area contributed by atoms with Gasteiger partial charge in [-0.3, -0.25) is 4.79 Å². The van der Waals surface area contributed by atoms with Gasteiger partial charge in [0.2, 0.25) is 12.7 Å². The van der Waals surface area contributed by atoms with Gasteiger partial charge in [-0.15, -0.1) is 0 Å². The Morgan fingerprint density at radius 1 is 1.12 bits per heavy atom. The number of carbonyl (C=O) groups is 1. The molecule has 0 atom stereocenters. The van der Waals surface area contributed by atoms with Gasteiger partial charge >= 0.3 is 0 Å². The molecule has 0 aromatic heterocycles. The van der Waals surface area contributed by atoms with Crippen LogP contribution in [0.2, 0.25) is 0 Å². The van der Waals surface area contributed by atoms with Gasteiger partial charge in [-0.1, -0.05) is 6.07 Å². The van der Waals surface area contributed by atoms with E-state index in [2.05, 4.69) is 10.6 Å². The molecular formula is C19H22N2O4. The average Bonchev–Trinajstić information content (AvgIpc) is 3.09. The molecular weight excluding hydrogens is 320 g/mol. The molecule has 6 nitrogen and oxygen atoms in total. The third-order valence-electron chi connectivity index (χ3n) is 3.77. The zero-order valence-corrected chi connectivity index (χ0v) is 14.2. The van der Waals surface area contributed by atoms with E-state index in [1.165, 1.54) is 0 Å². The van der Waals surface area contributed by atoms with Crippen molar-refractivity contribution in [1.29, 1.82) is 0 Å². The fraction of sp³-hybridized carbons (Fsp3) is 0.316. The maximum Gasteiger partial charge on any atom is 0.231 e. The fourth-order valence-electron chi connectivity index (χ4n) is 2.50. The van der Waals surface area contributed by atoms with Crippen LogP contribution in [0.25, 0.3) is 0 Å². The molecule has 2 N–H and O–H groups in total. The second kappa shape index (κ2) is 8.28. The van der Waals surface area contributed by atoms with Crippen LogP contribution < -0.4 is 24.8 Å². The van der Waals surface area contributed by atoms with Crippen molar-refractivity contribution in [3.8, 4) is 17.2 Å². The monoisotopic (exact) mass is 342 g/mol. The van der Waals surface area contributed by atoms with Crippen LogP contribution in [-0.2, 0) is 11.3 Å². The Kier molecular flexibility index (Phi) is 5.61. The molecule has 0 bridgehead atoms. The highest BCUT2D eigenvalue weighted by Gasteiger charge is 2.13. The minimum atomic E-state index is -0.00361. The summed E-state index contributed by atoms with van der Waals surface area (Å²) in [5, 5.41) is 6.13. The van der Waals surface area contributed by atoms with E-state index in [-0.39, 0.29) is 12.7 Å². The van der Waals surface area contributed by atoms with Crippen molar-refractivity contribution in [2.45, 2.75) is 19.9 Å². The molecule has 1 aliphatic heterocycles. The molecule has 6 heteroatoms. The van der Waals surface area contributed by atoms with Gasteiger partial charge in [0.05, 0.1) is 6.61 Å². The Balaban J connectivity index is 1.38. The Hall–Kier alpha value is -2.89. The highest BCUT2D eigenvalue weighted by molar-refractivity contribution is 5.76. The SMILES string of the molecule is CCOc1ccc(NCCC(=O)NCc2ccc3c(c2)OCO3)cc1. The molecule has 132 valence electrons. The molecule has 0 saturated carbocycles. The molecule has 0 fully saturated rings. The molecule has 1 amide bonds. The summed E-state index contributed by atoms with van der Waals surface area (Å²) in [6, 6.07) is 13.4. The van der Waals surface area contributed by atoms with E-state index in [0.29, 0.717) is 26.1 Å². The van der Waals surface area contributed by atoms with Gasteiger partial charge in [0, 0.05) is 25.2 Å². The first-order valence-electron chi connectivity index (χ1n) is 8.36. The largest absolute Gasteiger partial charge is 0.494 e. The van der Waals surface area contributed by atoms with Crippen molar-refractivity contribution in [3.05, 3.63) is 48.0 Å². The smallest absolute Gasteiger partial charge is 0.231 e. The van der Waals surface area contributed by atoms with Crippen LogP contribution >= 0.6 is 0 Å². The Labute approximate surface area is 147 Å². The molecule has 1 aliphatic rings. The van der Waals surface area contributed by atoms with Gasteiger partial charge in [0.25, 0.3) is 0 Å². The van der Waals surface area contributed by atoms with E-state index in [9.17, 15) is 4.79 Å². The van der Waals surface area contributed by atoms with E-state index in [1.54, 1.807) is 0 Å². The van der Waals surface area contributed by atoms with Gasteiger partial charge < -0.3 is 24.8 Å². The third-order valence-corrected chi connectivity index (χ3v) is 3.77. The summed E-state index contributed by atoms with van der Waals surface area (Å²) in [6.45, 7) is 3.90. The van der Waals surface area contributed by atoms with Crippen LogP contribution in [0.15, 0.2) is 42.5 Å². The molecule has 2 aromatic rings. The summed E-state index contributed by atoms with van der Waals surface area (Å²) < 4.78 is 16.0. The molecule has 0 radical (unpaired) electrons. The van der Waals surface area contributed by atoms with E-state index in [1.807, 2.05) is 49.4 Å². The quantitative estimate of drug-likeness (QED) is 0.772. The third kappa shape index (κ3) is 4.79. The predicted molar refractivity (Wildman–Crippen MR) is 95.1 cm³/mol. The summed E-state index contributed by atoms with van der Waals surface area (Å²) in [4.78, 5) is 12.0. The number of amides is 1. The maximum absolute atomic E-state index is 12.0. The number of hydrogen-bond acceptors (Lipinski definition) is 5. The normalized spacial score (nSPS) is 11.9. The average molecular weight is 342 g/mol. The first-order valence-corrected chi connectivity index (χ1v) is 8.36. The van der Waals surface area contributed by atoms with Crippen molar-refractivity contribution in [3.63, 3.8) is 0 Å². The summed E-state index contributed by atoms with van der Waals surface area (Å²) >= 11 is 0. The minimum absolute atomic E-state index is 0.00361. The van der Waals surface area contributed by atoms with Crippen LogP contribution in [0.3, 0.4) is 0 Å². The van der Waals surface area contributed by atoms with Crippen molar-refractivity contribution >= 4 is 11.6 Å². The van der Waals surface area contributed by atoms with Crippen molar-refractivity contribution in [2.75, 3.05) is 25.3 Å². The molecule has 0 unspecified atom stereocenters. The second-order valence-corrected chi connectivity index (χ2v) is 5.60. The highest BCUT2D eigenvalue weighted by atomic mass is 16.7. The van der Waals surface area contributed by atoms with Crippen LogP contribution in [0, 0.1) is 0 Å². The number of ether oxygens (including phenoxy) is 3. The zero-order chi connectivity index (χ0) is 17.5. The lowest BCUT2D eigenvalue weighted by atomic mass is 10.2. The molecule has 0 aliphatic carbocycles. The van der Waals surface area contributed by atoms with Crippen molar-refractivity contribution in [2.24, 2.45) is 0 Å². The van der Waals surface area contributed by atoms with Crippen LogP contribution in [0.1, 0.15) is 18.9 Å². The van der Waals surface area contributed by atoms with Crippen LogP contribution in [0.5, 0.6) is 17.2 Å². The summed E-state index contributed by atoms with van der Waals surface area (Å²) in [6.07, 6.45) is 0.401. The number of nitrogens with one attached hydrogen (secondary N) is 2. The number of rotatable bonds is 8. The lowest BCUT2D eigenvalue weighted by Gasteiger charge is -2.09. The topological polar surface area (TPSA) is 68.8 Å². The molecule has 2 aromatic carbocycles. The van der Waals surface area contributed by atoms with E-state index in [0.717, 1.165) is 28.5 Å². The Bertz CT molecular complexity index is 716. The minimum Gasteiger partial charge on any atom is -0.494 e. The summed E-state index contributed by atoms with van der Waals surface area (Å²) in [7, 11) is 0. The lowest BCUT2D eigenvalue weighted by molar-refractivity contribution is -0.121. The number of hydrogen-bond donors (Lipinski definition) is 2. The lowest BCUT2D eigenvalue weighted by Crippen LogP contribution is -2.24. The summed E-state index contributed by atoms with van der Waals surface area (Å²) in [5.41, 5.74) is 1.95. The molecule has 0 saturated heterocycles. The highest BCUT2D eigenvalue weighted by Crippen LogP contribution is 2.32. The molecule has 1 heterocycles. The van der Waals surface area contributed by atoms with Crippen LogP contribution in [0.4, 0.5) is 5.69 Å². The van der Waals surface area contributed by atoms with E-state index < -0.39 is 0 Å². The van der Waals surface area contributed by atoms with Gasteiger partial charge in [-0.05, 0) is 48.9 Å². The van der Waals surface area contributed by atoms with Gasteiger partial charge in [0.15, 0.2) is 11.5 Å². The number of benzene rings is 2. The number of carbonyl (C=O) groups excluding carboxylic acids is 1. The Morgan fingerprint density at radius 2 is 1.92 bits per heavy atom. The molecule has 0 spiro atoms. The summed E-state index contributed by atoms with van der Waals surface area (Å²) in [5.74, 6) is 2.31. The van der Waals surface area contributed by atoms with Gasteiger partial charge in [-0.2, -0.15) is 0 Å². The van der Waals surface area contributed by atoms with E-state index >= 15 is 0 Å². The van der Waals surface area contributed by atoms with Gasteiger partial charge in [-0.25, -0.2) is 0 Å². The van der Waals surface area contributed by atoms with Crippen molar-refractivity contribution in [1.82, 2.24) is 5.32 Å². The second-order valence-electron chi connectivity index (χ2n) is 5.60. The Morgan fingerprint density at radius 3 is 2.72 bits per heavy atom. The maximum atomic E-state index is 12.0. The first-order chi connectivity index (χ1) is 12.2. The standard InChI is InChI=1S/C19H22N2O4/c1-2-23-16-6-4-15(5-7-16)20-10-9-19(22)21-12-14-3-8-17-18(11-14)25-13-24-17/h3-8,11,20H,2,9-10,12-13H2,1H3,(H,21,22). The number of fused-ring (bicyclic) bond motifs is 1. The number of anilines is 1. The predicted octanol–water partition coefficient (Wildman–Crippen LogP) is 2.93. The van der Waals surface area contributed by atoms with Crippen molar-refractivity contribution < 1.29 is 19.0 Å². The van der Waals surface area contributed by atoms with E-state index in [4.69, 9.17) is 14.2 Å². The van der Waals surface area contributed by atoms with Gasteiger partial charge in [0.1, 0.15) is 5.75 Å². The zero-order valence-electron chi connectivity index (χ0n) is 14.2. The van der Waals surface area contributed by atoms with Crippen LogP contribution in [-0.4, -0.2) is 25.9 Å². The fourth-order valence-corrected chi connectivity index (χ4v) is 2.50. The first kappa shape index (κ1) is 17.0.